The van der Waals surface area contributed by atoms with Gasteiger partial charge in [-0.3, -0.25) is 38.7 Å². The molecule has 0 N–H and O–H groups in total. The maximum Gasteiger partial charge on any atom is 0.450 e. The molecule has 0 unspecified atom stereocenters. The summed E-state index contributed by atoms with van der Waals surface area (Å²) < 4.78 is 109. The number of ketones is 6. The molecule has 8 nitrogen and oxygen atoms in total. The lowest BCUT2D eigenvalue weighted by Crippen LogP contribution is -2.25. The number of nitrogens with zero attached hydrogens (tertiary/aromatic N) is 2. The number of aromatic nitrogens is 2. The number of thiophene rings is 3. The first-order chi connectivity index (χ1) is 27.8. The van der Waals surface area contributed by atoms with Gasteiger partial charge in [0.05, 0.1) is 44.9 Å². The van der Waals surface area contributed by atoms with Crippen LogP contribution in [0.1, 0.15) is 48.3 Å². The zero-order chi connectivity index (χ0) is 45.2. The molecule has 0 amide bonds. The molecule has 318 valence electrons. The van der Waals surface area contributed by atoms with Crippen molar-refractivity contribution in [2.24, 2.45) is 0 Å². The number of benzene rings is 1. The third-order valence-electron chi connectivity index (χ3n) is 6.85. The molecule has 0 saturated carbocycles. The van der Waals surface area contributed by atoms with Gasteiger partial charge in [0.15, 0.2) is 17.3 Å². The van der Waals surface area contributed by atoms with E-state index in [-0.39, 0.29) is 14.6 Å². The standard InChI is InChI=1S/C12H7BrN2.3C8H4BrF3O2S/c13-10-7-8-3-1-5-14-11(8)12-9(10)4-2-6-15-12;3*9-4-1-6(15-3-4)5(13)2-7(14)8(10,11)12/h1-7H;3*1,3H,2H2. The Kier molecular flexibility index (Phi) is 18.6. The average Bonchev–Trinajstić information content (AvgIpc) is 3.92. The monoisotopic (exact) mass is 1160 g/mol. The van der Waals surface area contributed by atoms with E-state index in [2.05, 4.69) is 79.8 Å². The van der Waals surface area contributed by atoms with Crippen LogP contribution in [-0.2, 0) is 14.4 Å². The van der Waals surface area contributed by atoms with Crippen LogP contribution in [0.4, 0.5) is 39.5 Å². The van der Waals surface area contributed by atoms with E-state index in [1.807, 2.05) is 24.3 Å². The van der Waals surface area contributed by atoms with Gasteiger partial charge in [0, 0.05) is 57.2 Å². The number of Topliss-reactive ketones (excluding diaryl/α,β-unsaturated/α-hetero) is 6. The molecular weight excluding hydrogens is 1140 g/mol. The molecule has 0 fully saturated rings. The molecule has 1 aromatic carbocycles. The van der Waals surface area contributed by atoms with Gasteiger partial charge in [-0.15, -0.1) is 34.0 Å². The second-order valence-corrected chi connectivity index (χ2v) is 17.6. The van der Waals surface area contributed by atoms with Gasteiger partial charge in [-0.25, -0.2) is 0 Å². The molecule has 0 bridgehead atoms. The third kappa shape index (κ3) is 15.7. The van der Waals surface area contributed by atoms with Crippen LogP contribution in [0, 0.1) is 0 Å². The lowest BCUT2D eigenvalue weighted by Gasteiger charge is -2.03. The Labute approximate surface area is 377 Å². The van der Waals surface area contributed by atoms with Gasteiger partial charge >= 0.3 is 18.5 Å². The summed E-state index contributed by atoms with van der Waals surface area (Å²) in [5, 5.41) is 6.89. The van der Waals surface area contributed by atoms with Gasteiger partial charge in [-0.2, -0.15) is 39.5 Å². The maximum atomic E-state index is 11.8. The fourth-order valence-electron chi connectivity index (χ4n) is 4.11. The highest BCUT2D eigenvalue weighted by molar-refractivity contribution is 9.11. The van der Waals surface area contributed by atoms with Gasteiger partial charge in [0.1, 0.15) is 0 Å². The summed E-state index contributed by atoms with van der Waals surface area (Å²) in [7, 11) is 0. The lowest BCUT2D eigenvalue weighted by molar-refractivity contribution is -0.170. The summed E-state index contributed by atoms with van der Waals surface area (Å²) in [4.78, 5) is 74.2. The number of rotatable bonds is 9. The van der Waals surface area contributed by atoms with Gasteiger partial charge in [-0.05, 0) is 84.2 Å². The molecule has 0 spiro atoms. The molecule has 6 rings (SSSR count). The number of carbonyl (C=O) groups excluding carboxylic acids is 6. The zero-order valence-corrected chi connectivity index (χ0v) is 37.9. The number of hydrogen-bond acceptors (Lipinski definition) is 11. The Hall–Kier alpha value is -3.55. The highest BCUT2D eigenvalue weighted by Crippen LogP contribution is 2.30. The first kappa shape index (κ1) is 50.8. The van der Waals surface area contributed by atoms with E-state index in [0.717, 1.165) is 60.3 Å². The van der Waals surface area contributed by atoms with Crippen molar-refractivity contribution < 1.29 is 68.3 Å². The first-order valence-electron chi connectivity index (χ1n) is 15.7. The minimum atomic E-state index is -4.94. The summed E-state index contributed by atoms with van der Waals surface area (Å²) in [5.74, 6) is -8.49. The van der Waals surface area contributed by atoms with Crippen molar-refractivity contribution >= 4 is 154 Å². The van der Waals surface area contributed by atoms with Crippen LogP contribution in [0.2, 0.25) is 0 Å². The number of alkyl halides is 9. The van der Waals surface area contributed by atoms with E-state index >= 15 is 0 Å². The van der Waals surface area contributed by atoms with Crippen LogP contribution in [0.3, 0.4) is 0 Å². The number of hydrogen-bond donors (Lipinski definition) is 0. The Morgan fingerprint density at radius 2 is 0.833 bits per heavy atom. The van der Waals surface area contributed by atoms with E-state index in [9.17, 15) is 68.3 Å². The largest absolute Gasteiger partial charge is 0.450 e. The molecule has 60 heavy (non-hydrogen) atoms. The molecule has 0 aliphatic rings. The number of halogens is 13. The fourth-order valence-corrected chi connectivity index (χ4v) is 8.78. The average molecular weight is 1160 g/mol. The summed E-state index contributed by atoms with van der Waals surface area (Å²) in [6, 6.07) is 14.2. The molecule has 5 heterocycles. The zero-order valence-electron chi connectivity index (χ0n) is 29.1. The van der Waals surface area contributed by atoms with E-state index in [4.69, 9.17) is 0 Å². The molecule has 24 heteroatoms. The first-order valence-corrected chi connectivity index (χ1v) is 21.5. The van der Waals surface area contributed by atoms with Gasteiger partial charge in [-0.1, -0.05) is 28.1 Å². The summed E-state index contributed by atoms with van der Waals surface area (Å²) in [6.45, 7) is 0. The number of fused-ring (bicyclic) bond motifs is 3. The van der Waals surface area contributed by atoms with Crippen LogP contribution in [-0.4, -0.2) is 63.2 Å². The Balaban J connectivity index is 0.000000214. The Morgan fingerprint density at radius 3 is 1.15 bits per heavy atom. The number of pyridine rings is 2. The highest BCUT2D eigenvalue weighted by Gasteiger charge is 2.41. The molecule has 0 radical (unpaired) electrons. The summed E-state index contributed by atoms with van der Waals surface area (Å²) in [5.41, 5.74) is 1.90. The summed E-state index contributed by atoms with van der Waals surface area (Å²) >= 11 is 15.7. The third-order valence-corrected chi connectivity index (χ3v) is 12.7. The van der Waals surface area contributed by atoms with E-state index in [0.29, 0.717) is 13.4 Å². The van der Waals surface area contributed by atoms with Crippen LogP contribution < -0.4 is 0 Å². The van der Waals surface area contributed by atoms with Gasteiger partial charge < -0.3 is 0 Å². The fraction of sp³-hybridized carbons (Fsp3) is 0.167. The van der Waals surface area contributed by atoms with Crippen LogP contribution in [0.15, 0.2) is 95.0 Å². The molecule has 0 atom stereocenters. The van der Waals surface area contributed by atoms with Crippen molar-refractivity contribution in [1.29, 1.82) is 0 Å². The van der Waals surface area contributed by atoms with E-state index in [1.165, 1.54) is 18.2 Å². The minimum Gasteiger partial charge on any atom is -0.293 e. The lowest BCUT2D eigenvalue weighted by atomic mass is 10.1. The molecule has 6 aromatic rings. The van der Waals surface area contributed by atoms with Crippen molar-refractivity contribution in [2.75, 3.05) is 0 Å². The molecule has 0 aliphatic heterocycles. The van der Waals surface area contributed by atoms with Crippen molar-refractivity contribution in [1.82, 2.24) is 9.97 Å². The van der Waals surface area contributed by atoms with Gasteiger partial charge in [0.2, 0.25) is 17.3 Å². The van der Waals surface area contributed by atoms with Crippen LogP contribution in [0.5, 0.6) is 0 Å². The maximum absolute atomic E-state index is 11.8. The van der Waals surface area contributed by atoms with Crippen LogP contribution >= 0.6 is 97.7 Å². The van der Waals surface area contributed by atoms with Gasteiger partial charge in [0.25, 0.3) is 0 Å². The molecule has 0 saturated heterocycles. The van der Waals surface area contributed by atoms with E-state index in [1.54, 1.807) is 28.5 Å². The Bertz CT molecular complexity index is 2350. The summed E-state index contributed by atoms with van der Waals surface area (Å²) in [6.07, 6.45) is -14.6. The smallest absolute Gasteiger partial charge is 0.293 e. The minimum absolute atomic E-state index is 0.138. The molecular formula is C36H19Br4F9N2O6S3. The predicted molar refractivity (Wildman–Crippen MR) is 221 cm³/mol. The highest BCUT2D eigenvalue weighted by atomic mass is 79.9. The van der Waals surface area contributed by atoms with Crippen molar-refractivity contribution in [3.8, 4) is 0 Å². The molecule has 5 aromatic heterocycles. The SMILES string of the molecule is Brc1cc2cccnc2c2ncccc12.O=C(CC(=O)C(F)(F)F)c1cc(Br)cs1.O=C(CC(=O)C(F)(F)F)c1cc(Br)cs1.O=C(CC(=O)C(F)(F)F)c1cc(Br)cs1. The van der Waals surface area contributed by atoms with Crippen molar-refractivity contribution in [2.45, 2.75) is 37.8 Å². The predicted octanol–water partition coefficient (Wildman–Crippen LogP) is 13.2. The van der Waals surface area contributed by atoms with Crippen LogP contribution in [0.25, 0.3) is 21.8 Å². The van der Waals surface area contributed by atoms with Crippen molar-refractivity contribution in [3.05, 3.63) is 110 Å². The van der Waals surface area contributed by atoms with E-state index < -0.39 is 72.5 Å². The van der Waals surface area contributed by atoms with Crippen molar-refractivity contribution in [3.63, 3.8) is 0 Å². The Morgan fingerprint density at radius 1 is 0.500 bits per heavy atom. The molecule has 0 aliphatic carbocycles. The normalized spacial score (nSPS) is 11.3. The number of carbonyl (C=O) groups is 6. The topological polar surface area (TPSA) is 128 Å². The second kappa shape index (κ2) is 22.0. The quantitative estimate of drug-likeness (QED) is 0.0606. The second-order valence-electron chi connectivity index (χ2n) is 11.3.